The number of hydrogen-bond donors (Lipinski definition) is 0. The van der Waals surface area contributed by atoms with Crippen molar-refractivity contribution in [1.82, 2.24) is 14.7 Å². The highest BCUT2D eigenvalue weighted by molar-refractivity contribution is 5.76. The summed E-state index contributed by atoms with van der Waals surface area (Å²) in [4.78, 5) is 26.7. The monoisotopic (exact) mass is 367 g/mol. The lowest BCUT2D eigenvalue weighted by Gasteiger charge is -2.33. The molecule has 1 aliphatic heterocycles. The number of likely N-dealkylation sites (tertiary alicyclic amines) is 1. The lowest BCUT2D eigenvalue weighted by Crippen LogP contribution is -2.41. The molecule has 0 radical (unpaired) electrons. The van der Waals surface area contributed by atoms with Gasteiger partial charge in [0.15, 0.2) is 0 Å². The van der Waals surface area contributed by atoms with Crippen LogP contribution in [0.5, 0.6) is 0 Å². The summed E-state index contributed by atoms with van der Waals surface area (Å²) in [5.41, 5.74) is 1.96. The van der Waals surface area contributed by atoms with E-state index in [-0.39, 0.29) is 22.9 Å². The summed E-state index contributed by atoms with van der Waals surface area (Å²) < 4.78 is 1.63. The van der Waals surface area contributed by atoms with E-state index in [1.807, 2.05) is 29.2 Å². The first-order chi connectivity index (χ1) is 12.8. The highest BCUT2D eigenvalue weighted by Crippen LogP contribution is 2.23. The number of amides is 1. The fourth-order valence-electron chi connectivity index (χ4n) is 3.50. The van der Waals surface area contributed by atoms with E-state index < -0.39 is 0 Å². The molecule has 27 heavy (non-hydrogen) atoms. The molecule has 1 aromatic heterocycles. The zero-order valence-electron chi connectivity index (χ0n) is 16.5. The molecule has 2 aromatic rings. The summed E-state index contributed by atoms with van der Waals surface area (Å²) in [6.07, 6.45) is 2.86. The Morgan fingerprint density at radius 2 is 1.74 bits per heavy atom. The largest absolute Gasteiger partial charge is 0.343 e. The fourth-order valence-corrected chi connectivity index (χ4v) is 3.50. The Bertz CT molecular complexity index is 829. The van der Waals surface area contributed by atoms with E-state index in [1.54, 1.807) is 10.7 Å². The van der Waals surface area contributed by atoms with Gasteiger partial charge in [-0.3, -0.25) is 9.59 Å². The molecule has 0 saturated carbocycles. The zero-order chi connectivity index (χ0) is 19.4. The fraction of sp³-hybridized carbons (Fsp3) is 0.500. The smallest absolute Gasteiger partial charge is 0.267 e. The molecule has 1 saturated heterocycles. The van der Waals surface area contributed by atoms with Crippen molar-refractivity contribution in [3.63, 3.8) is 0 Å². The maximum absolute atomic E-state index is 12.5. The maximum Gasteiger partial charge on any atom is 0.267 e. The molecule has 0 N–H and O–H groups in total. The van der Waals surface area contributed by atoms with Gasteiger partial charge in [0.05, 0.1) is 11.7 Å². The van der Waals surface area contributed by atoms with E-state index in [1.165, 1.54) is 5.56 Å². The first-order valence-electron chi connectivity index (χ1n) is 9.76. The summed E-state index contributed by atoms with van der Waals surface area (Å²) >= 11 is 0. The van der Waals surface area contributed by atoms with Gasteiger partial charge in [-0.2, -0.15) is 5.10 Å². The van der Waals surface area contributed by atoms with Crippen LogP contribution in [0.4, 0.5) is 0 Å². The normalized spacial score (nSPS) is 15.7. The van der Waals surface area contributed by atoms with Gasteiger partial charge in [0.1, 0.15) is 0 Å². The van der Waals surface area contributed by atoms with Gasteiger partial charge in [0.2, 0.25) is 5.91 Å². The maximum atomic E-state index is 12.5. The van der Waals surface area contributed by atoms with Gasteiger partial charge in [0.25, 0.3) is 5.56 Å². The minimum atomic E-state index is -0.0937. The van der Waals surface area contributed by atoms with Gasteiger partial charge in [-0.25, -0.2) is 4.68 Å². The van der Waals surface area contributed by atoms with Crippen molar-refractivity contribution in [3.05, 3.63) is 64.1 Å². The van der Waals surface area contributed by atoms with Gasteiger partial charge < -0.3 is 4.90 Å². The number of hydrogen-bond acceptors (Lipinski definition) is 3. The van der Waals surface area contributed by atoms with Crippen molar-refractivity contribution >= 4 is 5.91 Å². The molecule has 144 valence electrons. The van der Waals surface area contributed by atoms with E-state index in [0.717, 1.165) is 25.0 Å². The van der Waals surface area contributed by atoms with Gasteiger partial charge >= 0.3 is 0 Å². The second-order valence-electron chi connectivity index (χ2n) is 8.35. The third-order valence-electron chi connectivity index (χ3n) is 5.23. The first-order valence-corrected chi connectivity index (χ1v) is 9.76. The van der Waals surface area contributed by atoms with E-state index in [0.29, 0.717) is 19.5 Å². The second kappa shape index (κ2) is 8.07. The first kappa shape index (κ1) is 19.3. The third-order valence-corrected chi connectivity index (χ3v) is 5.23. The Hall–Kier alpha value is -2.43. The third kappa shape index (κ3) is 4.85. The molecular formula is C22H29N3O2. The highest BCUT2D eigenvalue weighted by atomic mass is 16.2. The van der Waals surface area contributed by atoms with Crippen molar-refractivity contribution in [3.8, 4) is 0 Å². The SMILES string of the molecule is CC(C)(C)c1ccc(=O)n(C2CCN(C(=O)CCc3ccccc3)CC2)n1. The van der Waals surface area contributed by atoms with Gasteiger partial charge in [-0.1, -0.05) is 51.1 Å². The number of rotatable bonds is 4. The summed E-state index contributed by atoms with van der Waals surface area (Å²) in [6, 6.07) is 13.6. The Balaban J connectivity index is 1.59. The van der Waals surface area contributed by atoms with Gasteiger partial charge in [0, 0.05) is 31.0 Å². The van der Waals surface area contributed by atoms with E-state index in [2.05, 4.69) is 38.0 Å². The lowest BCUT2D eigenvalue weighted by molar-refractivity contribution is -0.132. The van der Waals surface area contributed by atoms with Crippen LogP contribution in [0, 0.1) is 0 Å². The van der Waals surface area contributed by atoms with Crippen molar-refractivity contribution in [2.45, 2.75) is 57.9 Å². The molecule has 0 spiro atoms. The van der Waals surface area contributed by atoms with Crippen molar-refractivity contribution < 1.29 is 4.79 Å². The predicted molar refractivity (Wildman–Crippen MR) is 107 cm³/mol. The second-order valence-corrected chi connectivity index (χ2v) is 8.35. The van der Waals surface area contributed by atoms with E-state index >= 15 is 0 Å². The molecule has 0 unspecified atom stereocenters. The van der Waals surface area contributed by atoms with Crippen molar-refractivity contribution in [2.24, 2.45) is 0 Å². The minimum absolute atomic E-state index is 0.0585. The number of nitrogens with zero attached hydrogens (tertiary/aromatic N) is 3. The average Bonchev–Trinajstić information content (AvgIpc) is 2.66. The number of aryl methyl sites for hydroxylation is 1. The standard InChI is InChI=1S/C22H29N3O2/c1-22(2,3)19-10-12-21(27)25(23-19)18-13-15-24(16-14-18)20(26)11-9-17-7-5-4-6-8-17/h4-8,10,12,18H,9,11,13-16H2,1-3H3. The molecule has 1 fully saturated rings. The molecule has 3 rings (SSSR count). The molecule has 0 bridgehead atoms. The van der Waals surface area contributed by atoms with Crippen LogP contribution in [0.25, 0.3) is 0 Å². The van der Waals surface area contributed by atoms with Crippen molar-refractivity contribution in [1.29, 1.82) is 0 Å². The molecule has 2 heterocycles. The Kier molecular flexibility index (Phi) is 5.78. The lowest BCUT2D eigenvalue weighted by atomic mass is 9.92. The van der Waals surface area contributed by atoms with Crippen LogP contribution in [0.3, 0.4) is 0 Å². The number of benzene rings is 1. The highest BCUT2D eigenvalue weighted by Gasteiger charge is 2.26. The quantitative estimate of drug-likeness (QED) is 0.833. The summed E-state index contributed by atoms with van der Waals surface area (Å²) in [6.45, 7) is 7.66. The van der Waals surface area contributed by atoms with Crippen LogP contribution in [0.15, 0.2) is 47.3 Å². The van der Waals surface area contributed by atoms with E-state index in [4.69, 9.17) is 0 Å². The molecule has 5 heteroatoms. The van der Waals surface area contributed by atoms with Crippen LogP contribution >= 0.6 is 0 Å². The Morgan fingerprint density at radius 3 is 2.37 bits per heavy atom. The minimum Gasteiger partial charge on any atom is -0.343 e. The zero-order valence-corrected chi connectivity index (χ0v) is 16.5. The number of carbonyl (C=O) groups excluding carboxylic acids is 1. The van der Waals surface area contributed by atoms with E-state index in [9.17, 15) is 9.59 Å². The van der Waals surface area contributed by atoms with Crippen LogP contribution < -0.4 is 5.56 Å². The molecule has 1 aromatic carbocycles. The number of piperidine rings is 1. The molecular weight excluding hydrogens is 338 g/mol. The number of aromatic nitrogens is 2. The number of carbonyl (C=O) groups is 1. The topological polar surface area (TPSA) is 55.2 Å². The molecule has 1 aliphatic rings. The summed E-state index contributed by atoms with van der Waals surface area (Å²) in [5, 5.41) is 4.61. The molecule has 0 atom stereocenters. The van der Waals surface area contributed by atoms with Gasteiger partial charge in [-0.15, -0.1) is 0 Å². The Labute approximate surface area is 161 Å². The van der Waals surface area contributed by atoms with Gasteiger partial charge in [-0.05, 0) is 30.9 Å². The average molecular weight is 367 g/mol. The van der Waals surface area contributed by atoms with Crippen LogP contribution in [0.1, 0.15) is 57.3 Å². The molecule has 5 nitrogen and oxygen atoms in total. The van der Waals surface area contributed by atoms with Crippen LogP contribution in [0.2, 0.25) is 0 Å². The predicted octanol–water partition coefficient (Wildman–Crippen LogP) is 3.34. The van der Waals surface area contributed by atoms with Crippen LogP contribution in [-0.2, 0) is 16.6 Å². The summed E-state index contributed by atoms with van der Waals surface area (Å²) in [5.74, 6) is 0.195. The van der Waals surface area contributed by atoms with Crippen LogP contribution in [-0.4, -0.2) is 33.7 Å². The molecule has 1 amide bonds. The Morgan fingerprint density at radius 1 is 1.07 bits per heavy atom. The summed E-state index contributed by atoms with van der Waals surface area (Å²) in [7, 11) is 0. The van der Waals surface area contributed by atoms with Crippen molar-refractivity contribution in [2.75, 3.05) is 13.1 Å². The molecule has 0 aliphatic carbocycles.